The number of alkyl halides is 2. The lowest BCUT2D eigenvalue weighted by molar-refractivity contribution is 0.104. The topological polar surface area (TPSA) is 104 Å². The van der Waals surface area contributed by atoms with Crippen molar-refractivity contribution in [2.45, 2.75) is 47.3 Å². The molecule has 6 rings (SSSR count). The molecule has 0 radical (unpaired) electrons. The molecule has 0 amide bonds. The fraction of sp³-hybridized carbons (Fsp3) is 0.600. The van der Waals surface area contributed by atoms with E-state index >= 15 is 0 Å². The van der Waals surface area contributed by atoms with Crippen molar-refractivity contribution in [1.29, 1.82) is 0 Å². The Morgan fingerprint density at radius 3 is 2.50 bits per heavy atom. The van der Waals surface area contributed by atoms with E-state index < -0.39 is 28.0 Å². The van der Waals surface area contributed by atoms with Gasteiger partial charge in [-0.05, 0) is 31.1 Å². The van der Waals surface area contributed by atoms with E-state index in [1.165, 1.54) is 0 Å². The van der Waals surface area contributed by atoms with Crippen molar-refractivity contribution in [3.63, 3.8) is 0 Å². The standard InChI is InChI=1S/C20H21ClF2N6O2S/c21-10-5-24-16(25-6-10)14-11-7-29(8-12(11)14)18-26-13-4-20(22,23)32(31)15(13)17(27-18)28-19(9-30)2-1-3-19/h5-6,11-12,14,30H,1-4,7-9H2,(H,26,27,28)/t11?,12?,14?,32-/m0/s1. The molecule has 2 aromatic rings. The minimum Gasteiger partial charge on any atom is -0.394 e. The van der Waals surface area contributed by atoms with Crippen LogP contribution in [-0.2, 0) is 17.2 Å². The molecule has 2 aliphatic carbocycles. The summed E-state index contributed by atoms with van der Waals surface area (Å²) < 4.78 is 41.0. The molecule has 2 unspecified atom stereocenters. The largest absolute Gasteiger partial charge is 0.394 e. The van der Waals surface area contributed by atoms with Crippen LogP contribution in [0.2, 0.25) is 5.02 Å². The lowest BCUT2D eigenvalue weighted by atomic mass is 9.77. The van der Waals surface area contributed by atoms with Crippen LogP contribution in [0.1, 0.15) is 36.7 Å². The van der Waals surface area contributed by atoms with E-state index in [2.05, 4.69) is 25.3 Å². The molecule has 3 atom stereocenters. The zero-order chi connectivity index (χ0) is 22.3. The van der Waals surface area contributed by atoms with Crippen LogP contribution in [0.25, 0.3) is 0 Å². The molecule has 1 saturated heterocycles. The highest BCUT2D eigenvalue weighted by atomic mass is 35.5. The second-order valence-corrected chi connectivity index (χ2v) is 11.1. The number of nitrogens with one attached hydrogen (secondary N) is 1. The minimum absolute atomic E-state index is 0.0322. The van der Waals surface area contributed by atoms with Gasteiger partial charge in [0.15, 0.2) is 0 Å². The quantitative estimate of drug-likeness (QED) is 0.669. The lowest BCUT2D eigenvalue weighted by Crippen LogP contribution is -2.48. The van der Waals surface area contributed by atoms with Crippen molar-refractivity contribution in [3.05, 3.63) is 28.9 Å². The van der Waals surface area contributed by atoms with Crippen LogP contribution in [0.4, 0.5) is 20.5 Å². The Labute approximate surface area is 190 Å². The highest BCUT2D eigenvalue weighted by Gasteiger charge is 2.58. The molecule has 12 heteroatoms. The molecule has 0 spiro atoms. The van der Waals surface area contributed by atoms with E-state index in [-0.39, 0.29) is 28.9 Å². The normalized spacial score (nSPS) is 31.1. The first kappa shape index (κ1) is 20.6. The third kappa shape index (κ3) is 3.12. The highest BCUT2D eigenvalue weighted by Crippen LogP contribution is 2.57. The number of aromatic nitrogens is 4. The average molecular weight is 483 g/mol. The molecule has 2 N–H and O–H groups in total. The van der Waals surface area contributed by atoms with Crippen molar-refractivity contribution in [2.24, 2.45) is 11.8 Å². The number of anilines is 2. The first-order chi connectivity index (χ1) is 15.3. The molecule has 170 valence electrons. The maximum absolute atomic E-state index is 14.3. The highest BCUT2D eigenvalue weighted by molar-refractivity contribution is 7.86. The third-order valence-corrected chi connectivity index (χ3v) is 8.85. The molecule has 3 fully saturated rings. The molecule has 0 aromatic carbocycles. The van der Waals surface area contributed by atoms with E-state index in [0.29, 0.717) is 48.7 Å². The van der Waals surface area contributed by atoms with Gasteiger partial charge in [-0.3, -0.25) is 0 Å². The predicted molar refractivity (Wildman–Crippen MR) is 113 cm³/mol. The summed E-state index contributed by atoms with van der Waals surface area (Å²) in [5, 5.41) is 10.1. The van der Waals surface area contributed by atoms with Crippen LogP contribution in [0.3, 0.4) is 0 Å². The fourth-order valence-electron chi connectivity index (χ4n) is 5.18. The van der Waals surface area contributed by atoms with Crippen molar-refractivity contribution in [2.75, 3.05) is 29.9 Å². The van der Waals surface area contributed by atoms with Gasteiger partial charge < -0.3 is 15.3 Å². The summed E-state index contributed by atoms with van der Waals surface area (Å²) in [6.07, 6.45) is 4.85. The van der Waals surface area contributed by atoms with Crippen molar-refractivity contribution >= 4 is 34.2 Å². The molecule has 4 aliphatic rings. The Morgan fingerprint density at radius 1 is 1.22 bits per heavy atom. The van der Waals surface area contributed by atoms with E-state index in [1.807, 2.05) is 4.90 Å². The van der Waals surface area contributed by atoms with Crippen LogP contribution >= 0.6 is 11.6 Å². The lowest BCUT2D eigenvalue weighted by Gasteiger charge is -2.41. The zero-order valence-electron chi connectivity index (χ0n) is 17.0. The number of fused-ring (bicyclic) bond motifs is 2. The maximum atomic E-state index is 14.3. The van der Waals surface area contributed by atoms with Crippen LogP contribution in [-0.4, -0.2) is 59.7 Å². The minimum atomic E-state index is -3.37. The van der Waals surface area contributed by atoms with Crippen LogP contribution in [0, 0.1) is 11.8 Å². The molecule has 2 saturated carbocycles. The summed E-state index contributed by atoms with van der Waals surface area (Å²) in [7, 11) is -2.52. The first-order valence-electron chi connectivity index (χ1n) is 10.6. The fourth-order valence-corrected chi connectivity index (χ4v) is 6.45. The van der Waals surface area contributed by atoms with E-state index in [4.69, 9.17) is 11.6 Å². The summed E-state index contributed by atoms with van der Waals surface area (Å²) in [6, 6.07) is 0. The predicted octanol–water partition coefficient (Wildman–Crippen LogP) is 2.35. The van der Waals surface area contributed by atoms with Crippen LogP contribution in [0.5, 0.6) is 0 Å². The van der Waals surface area contributed by atoms with Gasteiger partial charge in [-0.25, -0.2) is 19.2 Å². The molecule has 32 heavy (non-hydrogen) atoms. The Bertz CT molecular complexity index is 1100. The number of piperidine rings is 1. The van der Waals surface area contributed by atoms with Gasteiger partial charge in [0.1, 0.15) is 27.3 Å². The van der Waals surface area contributed by atoms with Gasteiger partial charge in [-0.2, -0.15) is 13.8 Å². The number of aliphatic hydroxyl groups excluding tert-OH is 1. The van der Waals surface area contributed by atoms with Gasteiger partial charge in [0, 0.05) is 31.4 Å². The first-order valence-corrected chi connectivity index (χ1v) is 12.2. The number of hydrogen-bond acceptors (Lipinski definition) is 8. The van der Waals surface area contributed by atoms with Crippen molar-refractivity contribution in [1.82, 2.24) is 19.9 Å². The molecule has 8 nitrogen and oxygen atoms in total. The summed E-state index contributed by atoms with van der Waals surface area (Å²) >= 11 is 5.88. The molecular weight excluding hydrogens is 462 g/mol. The van der Waals surface area contributed by atoms with Crippen molar-refractivity contribution < 1.29 is 18.1 Å². The molecule has 2 aliphatic heterocycles. The monoisotopic (exact) mass is 482 g/mol. The Kier molecular flexibility index (Phi) is 4.51. The van der Waals surface area contributed by atoms with E-state index in [9.17, 15) is 18.1 Å². The van der Waals surface area contributed by atoms with Crippen molar-refractivity contribution in [3.8, 4) is 0 Å². The Balaban J connectivity index is 1.28. The molecular formula is C20H21ClF2N6O2S. The number of rotatable bonds is 5. The Hall–Kier alpha value is -1.98. The molecule has 2 aromatic heterocycles. The van der Waals surface area contributed by atoms with Crippen LogP contribution in [0.15, 0.2) is 17.3 Å². The van der Waals surface area contributed by atoms with Gasteiger partial charge in [0.2, 0.25) is 5.95 Å². The van der Waals surface area contributed by atoms with Gasteiger partial charge in [-0.1, -0.05) is 11.6 Å². The second-order valence-electron chi connectivity index (χ2n) is 9.17. The van der Waals surface area contributed by atoms with E-state index in [1.54, 1.807) is 12.4 Å². The second kappa shape index (κ2) is 7.01. The Morgan fingerprint density at radius 2 is 1.91 bits per heavy atom. The maximum Gasteiger partial charge on any atom is 0.331 e. The summed E-state index contributed by atoms with van der Waals surface area (Å²) in [5.74, 6) is 2.22. The zero-order valence-corrected chi connectivity index (χ0v) is 18.5. The summed E-state index contributed by atoms with van der Waals surface area (Å²) in [6.45, 7) is 1.20. The van der Waals surface area contributed by atoms with Crippen LogP contribution < -0.4 is 10.2 Å². The number of halogens is 3. The SMILES string of the molecule is O=[S@]1c2c(nc(N3CC4C(C3)C4c3ncc(Cl)cn3)nc2NC2(CO)CCC2)CC1(F)F. The van der Waals surface area contributed by atoms with E-state index in [0.717, 1.165) is 12.2 Å². The number of nitrogens with zero attached hydrogens (tertiary/aromatic N) is 5. The third-order valence-electron chi connectivity index (χ3n) is 7.17. The molecule has 4 heterocycles. The number of hydrogen-bond donors (Lipinski definition) is 2. The van der Waals surface area contributed by atoms with Gasteiger partial charge in [-0.15, -0.1) is 0 Å². The molecule has 0 bridgehead atoms. The average Bonchev–Trinajstić information content (AvgIpc) is 3.11. The summed E-state index contributed by atoms with van der Waals surface area (Å²) in [5.41, 5.74) is -0.488. The van der Waals surface area contributed by atoms with Gasteiger partial charge in [0.25, 0.3) is 0 Å². The number of aliphatic hydroxyl groups is 1. The smallest absolute Gasteiger partial charge is 0.331 e. The van der Waals surface area contributed by atoms with Gasteiger partial charge in [0.05, 0.1) is 29.3 Å². The summed E-state index contributed by atoms with van der Waals surface area (Å²) in [4.78, 5) is 19.5. The van der Waals surface area contributed by atoms with Gasteiger partial charge >= 0.3 is 5.25 Å².